The van der Waals surface area contributed by atoms with Crippen LogP contribution < -0.4 is 4.74 Å². The van der Waals surface area contributed by atoms with Crippen molar-refractivity contribution >= 4 is 17.6 Å². The Morgan fingerprint density at radius 2 is 1.61 bits per heavy atom. The molecule has 3 aromatic rings. The summed E-state index contributed by atoms with van der Waals surface area (Å²) in [5, 5.41) is 9.83. The normalized spacial score (nSPS) is 10.7. The number of rotatable bonds is 6. The van der Waals surface area contributed by atoms with Crippen molar-refractivity contribution in [3.05, 3.63) is 76.3 Å². The first-order valence-electron chi connectivity index (χ1n) is 9.15. The number of carboxylic acids is 1. The summed E-state index contributed by atoms with van der Waals surface area (Å²) >= 11 is 6.29. The van der Waals surface area contributed by atoms with Crippen molar-refractivity contribution in [1.82, 2.24) is 0 Å². The highest BCUT2D eigenvalue weighted by Crippen LogP contribution is 2.33. The molecule has 0 saturated carbocycles. The highest BCUT2D eigenvalue weighted by atomic mass is 35.5. The smallest absolute Gasteiger partial charge is 0.303 e. The van der Waals surface area contributed by atoms with Crippen LogP contribution in [0.3, 0.4) is 0 Å². The summed E-state index contributed by atoms with van der Waals surface area (Å²) in [6.45, 7) is 4.07. The molecule has 0 bridgehead atoms. The monoisotopic (exact) mass is 394 g/mol. The zero-order valence-electron chi connectivity index (χ0n) is 16.3. The van der Waals surface area contributed by atoms with E-state index in [2.05, 4.69) is 31.2 Å². The number of ether oxygens (including phenoxy) is 1. The van der Waals surface area contributed by atoms with Crippen molar-refractivity contribution in [2.75, 3.05) is 7.11 Å². The van der Waals surface area contributed by atoms with Crippen molar-refractivity contribution in [2.45, 2.75) is 26.7 Å². The van der Waals surface area contributed by atoms with Crippen LogP contribution in [0, 0.1) is 13.8 Å². The van der Waals surface area contributed by atoms with Gasteiger partial charge in [-0.3, -0.25) is 4.79 Å². The summed E-state index contributed by atoms with van der Waals surface area (Å²) in [5.41, 5.74) is 7.46. The van der Waals surface area contributed by atoms with E-state index in [0.29, 0.717) is 6.42 Å². The van der Waals surface area contributed by atoms with Gasteiger partial charge in [-0.1, -0.05) is 48.0 Å². The van der Waals surface area contributed by atoms with Crippen molar-refractivity contribution < 1.29 is 14.6 Å². The third-order valence-corrected chi connectivity index (χ3v) is 5.35. The maximum Gasteiger partial charge on any atom is 0.303 e. The number of halogens is 1. The molecule has 0 saturated heterocycles. The molecule has 0 unspecified atom stereocenters. The highest BCUT2D eigenvalue weighted by Gasteiger charge is 2.11. The molecule has 0 heterocycles. The average Bonchev–Trinajstić information content (AvgIpc) is 2.68. The lowest BCUT2D eigenvalue weighted by Crippen LogP contribution is -2.00. The maximum absolute atomic E-state index is 11.0. The molecule has 3 nitrogen and oxygen atoms in total. The van der Waals surface area contributed by atoms with Gasteiger partial charge >= 0.3 is 5.97 Å². The van der Waals surface area contributed by atoms with Crippen LogP contribution in [0.1, 0.15) is 23.1 Å². The SMILES string of the molecule is COc1ccc(-c2ccc(-c3ccc(C)c(Cl)c3)c(C)c2)c(CCC(=O)O)c1. The van der Waals surface area contributed by atoms with E-state index >= 15 is 0 Å². The van der Waals surface area contributed by atoms with Gasteiger partial charge in [-0.15, -0.1) is 0 Å². The summed E-state index contributed by atoms with van der Waals surface area (Å²) in [5.74, 6) is -0.0803. The van der Waals surface area contributed by atoms with Crippen LogP contribution in [-0.4, -0.2) is 18.2 Å². The van der Waals surface area contributed by atoms with Crippen LogP contribution in [0.4, 0.5) is 0 Å². The fraction of sp³-hybridized carbons (Fsp3) is 0.208. The topological polar surface area (TPSA) is 46.5 Å². The number of carbonyl (C=O) groups is 1. The van der Waals surface area contributed by atoms with Crippen molar-refractivity contribution in [1.29, 1.82) is 0 Å². The van der Waals surface area contributed by atoms with Gasteiger partial charge in [0.05, 0.1) is 7.11 Å². The first-order chi connectivity index (χ1) is 13.4. The summed E-state index contributed by atoms with van der Waals surface area (Å²) in [6.07, 6.45) is 0.537. The van der Waals surface area contributed by atoms with Crippen LogP contribution in [0.5, 0.6) is 5.75 Å². The molecule has 0 aliphatic carbocycles. The molecule has 0 aliphatic rings. The minimum Gasteiger partial charge on any atom is -0.497 e. The lowest BCUT2D eigenvalue weighted by Gasteiger charge is -2.14. The Morgan fingerprint density at radius 1 is 0.929 bits per heavy atom. The van der Waals surface area contributed by atoms with E-state index in [4.69, 9.17) is 21.4 Å². The molecule has 0 atom stereocenters. The number of methoxy groups -OCH3 is 1. The van der Waals surface area contributed by atoms with Gasteiger partial charge in [-0.25, -0.2) is 0 Å². The average molecular weight is 395 g/mol. The van der Waals surface area contributed by atoms with Crippen LogP contribution >= 0.6 is 11.6 Å². The zero-order valence-corrected chi connectivity index (χ0v) is 17.0. The van der Waals surface area contributed by atoms with Gasteiger partial charge in [0.2, 0.25) is 0 Å². The minimum absolute atomic E-state index is 0.0824. The molecular weight excluding hydrogens is 372 g/mol. The molecule has 144 valence electrons. The molecule has 0 amide bonds. The van der Waals surface area contributed by atoms with Gasteiger partial charge < -0.3 is 9.84 Å². The standard InChI is InChI=1S/C24H23ClO3/c1-15-4-5-19(14-23(15)25)21-9-6-17(12-16(21)2)22-10-8-20(28-3)13-18(22)7-11-24(26)27/h4-6,8-10,12-14H,7,11H2,1-3H3,(H,26,27). The molecule has 0 aromatic heterocycles. The number of benzene rings is 3. The largest absolute Gasteiger partial charge is 0.497 e. The lowest BCUT2D eigenvalue weighted by atomic mass is 9.92. The Balaban J connectivity index is 2.01. The Labute approximate surface area is 170 Å². The quantitative estimate of drug-likeness (QED) is 0.532. The number of aliphatic carboxylic acids is 1. The number of hydrogen-bond donors (Lipinski definition) is 1. The molecular formula is C24H23ClO3. The van der Waals surface area contributed by atoms with Crippen LogP contribution in [0.25, 0.3) is 22.3 Å². The van der Waals surface area contributed by atoms with Gasteiger partial charge in [0, 0.05) is 11.4 Å². The van der Waals surface area contributed by atoms with Gasteiger partial charge in [0.25, 0.3) is 0 Å². The minimum atomic E-state index is -0.809. The third kappa shape index (κ3) is 4.37. The van der Waals surface area contributed by atoms with Gasteiger partial charge in [-0.05, 0) is 77.4 Å². The van der Waals surface area contributed by atoms with E-state index in [1.54, 1.807) is 7.11 Å². The van der Waals surface area contributed by atoms with E-state index in [-0.39, 0.29) is 6.42 Å². The lowest BCUT2D eigenvalue weighted by molar-refractivity contribution is -0.136. The Hall–Kier alpha value is -2.78. The van der Waals surface area contributed by atoms with Crippen LogP contribution in [0.15, 0.2) is 54.6 Å². The first-order valence-corrected chi connectivity index (χ1v) is 9.53. The molecule has 3 aromatic carbocycles. The van der Waals surface area contributed by atoms with E-state index in [1.807, 2.05) is 37.3 Å². The molecule has 0 radical (unpaired) electrons. The fourth-order valence-electron chi connectivity index (χ4n) is 3.34. The Bertz CT molecular complexity index is 1020. The summed E-state index contributed by atoms with van der Waals surface area (Å²) in [7, 11) is 1.61. The van der Waals surface area contributed by atoms with Gasteiger partial charge in [0.1, 0.15) is 5.75 Å². The molecule has 28 heavy (non-hydrogen) atoms. The number of hydrogen-bond acceptors (Lipinski definition) is 2. The van der Waals surface area contributed by atoms with E-state index in [1.165, 1.54) is 0 Å². The van der Waals surface area contributed by atoms with E-state index < -0.39 is 5.97 Å². The third-order valence-electron chi connectivity index (χ3n) is 4.94. The number of aryl methyl sites for hydroxylation is 3. The van der Waals surface area contributed by atoms with Crippen molar-refractivity contribution in [2.24, 2.45) is 0 Å². The second kappa shape index (κ2) is 8.49. The predicted octanol–water partition coefficient (Wildman–Crippen LogP) is 6.32. The second-order valence-electron chi connectivity index (χ2n) is 6.91. The second-order valence-corrected chi connectivity index (χ2v) is 7.32. The predicted molar refractivity (Wildman–Crippen MR) is 114 cm³/mol. The summed E-state index contributed by atoms with van der Waals surface area (Å²) in [6, 6.07) is 18.2. The fourth-order valence-corrected chi connectivity index (χ4v) is 3.52. The van der Waals surface area contributed by atoms with Crippen molar-refractivity contribution in [3.8, 4) is 28.0 Å². The zero-order chi connectivity index (χ0) is 20.3. The van der Waals surface area contributed by atoms with E-state index in [9.17, 15) is 4.79 Å². The van der Waals surface area contributed by atoms with Crippen molar-refractivity contribution in [3.63, 3.8) is 0 Å². The van der Waals surface area contributed by atoms with Gasteiger partial charge in [0.15, 0.2) is 0 Å². The molecule has 0 spiro atoms. The Morgan fingerprint density at radius 3 is 2.25 bits per heavy atom. The number of carboxylic acid groups (broad SMARTS) is 1. The first kappa shape index (κ1) is 20.0. The van der Waals surface area contributed by atoms with Gasteiger partial charge in [-0.2, -0.15) is 0 Å². The molecule has 4 heteroatoms. The highest BCUT2D eigenvalue weighted by molar-refractivity contribution is 6.31. The van der Waals surface area contributed by atoms with E-state index in [0.717, 1.165) is 49.7 Å². The summed E-state index contributed by atoms with van der Waals surface area (Å²) in [4.78, 5) is 11.0. The molecule has 1 N–H and O–H groups in total. The molecule has 0 fully saturated rings. The van der Waals surface area contributed by atoms with Crippen LogP contribution in [0.2, 0.25) is 5.02 Å². The Kier molecular flexibility index (Phi) is 6.05. The molecule has 0 aliphatic heterocycles. The summed E-state index contributed by atoms with van der Waals surface area (Å²) < 4.78 is 5.31. The van der Waals surface area contributed by atoms with Crippen LogP contribution in [-0.2, 0) is 11.2 Å². The maximum atomic E-state index is 11.0. The molecule has 3 rings (SSSR count).